The fraction of sp³-hybridized carbons (Fsp3) is 0.118. The number of benzene rings is 2. The van der Waals surface area contributed by atoms with Crippen LogP contribution in [0.3, 0.4) is 0 Å². The zero-order valence-electron chi connectivity index (χ0n) is 11.3. The molecule has 1 aromatic heterocycles. The predicted molar refractivity (Wildman–Crippen MR) is 80.4 cm³/mol. The lowest BCUT2D eigenvalue weighted by Crippen LogP contribution is -2.03. The predicted octanol–water partition coefficient (Wildman–Crippen LogP) is 4.96. The zero-order chi connectivity index (χ0) is 15.0. The van der Waals surface area contributed by atoms with Gasteiger partial charge in [-0.25, -0.2) is 4.39 Å². The Morgan fingerprint density at radius 3 is 2.86 bits per heavy atom. The van der Waals surface area contributed by atoms with Crippen molar-refractivity contribution in [2.45, 2.75) is 13.3 Å². The highest BCUT2D eigenvalue weighted by Crippen LogP contribution is 2.24. The minimum absolute atomic E-state index is 0.00932. The summed E-state index contributed by atoms with van der Waals surface area (Å²) in [6, 6.07) is 11.8. The van der Waals surface area contributed by atoms with Gasteiger partial charge in [-0.1, -0.05) is 35.4 Å². The monoisotopic (exact) mass is 302 g/mol. The number of furan rings is 1. The molecule has 0 saturated heterocycles. The van der Waals surface area contributed by atoms with Gasteiger partial charge in [-0.3, -0.25) is 4.79 Å². The van der Waals surface area contributed by atoms with Gasteiger partial charge in [0.2, 0.25) is 5.78 Å². The number of Topliss-reactive ketones (excluding diaryl/α,β-unsaturated/α-hetero) is 1. The summed E-state index contributed by atoms with van der Waals surface area (Å²) >= 11 is 5.87. The number of hydrogen-bond acceptors (Lipinski definition) is 2. The Morgan fingerprint density at radius 1 is 1.24 bits per heavy atom. The second-order valence-electron chi connectivity index (χ2n) is 4.96. The summed E-state index contributed by atoms with van der Waals surface area (Å²) in [4.78, 5) is 12.3. The fourth-order valence-electron chi connectivity index (χ4n) is 2.25. The molecule has 0 unspecified atom stereocenters. The van der Waals surface area contributed by atoms with Gasteiger partial charge in [-0.15, -0.1) is 0 Å². The average Bonchev–Trinajstić information content (AvgIpc) is 2.87. The number of carbonyl (C=O) groups excluding carboxylic acids is 1. The van der Waals surface area contributed by atoms with Crippen molar-refractivity contribution in [3.05, 3.63) is 70.2 Å². The van der Waals surface area contributed by atoms with Crippen LogP contribution in [0.1, 0.15) is 21.7 Å². The molecule has 2 aromatic carbocycles. The molecule has 0 fully saturated rings. The van der Waals surface area contributed by atoms with Gasteiger partial charge in [0.05, 0.1) is 5.02 Å². The van der Waals surface area contributed by atoms with E-state index in [9.17, 15) is 9.18 Å². The maximum atomic E-state index is 13.4. The molecule has 0 amide bonds. The van der Waals surface area contributed by atoms with Crippen molar-refractivity contribution in [1.29, 1.82) is 0 Å². The van der Waals surface area contributed by atoms with Crippen LogP contribution in [0.4, 0.5) is 4.39 Å². The highest BCUT2D eigenvalue weighted by molar-refractivity contribution is 6.31. The molecule has 1 heterocycles. The molecule has 106 valence electrons. The van der Waals surface area contributed by atoms with Gasteiger partial charge in [0.25, 0.3) is 0 Å². The first kappa shape index (κ1) is 13.8. The van der Waals surface area contributed by atoms with Crippen molar-refractivity contribution in [3.8, 4) is 0 Å². The van der Waals surface area contributed by atoms with Crippen LogP contribution in [-0.4, -0.2) is 5.78 Å². The molecule has 3 aromatic rings. The third-order valence-electron chi connectivity index (χ3n) is 3.33. The maximum Gasteiger partial charge on any atom is 0.202 e. The van der Waals surface area contributed by atoms with E-state index in [2.05, 4.69) is 0 Å². The van der Waals surface area contributed by atoms with Gasteiger partial charge in [0.1, 0.15) is 11.4 Å². The Kier molecular flexibility index (Phi) is 3.52. The maximum absolute atomic E-state index is 13.4. The summed E-state index contributed by atoms with van der Waals surface area (Å²) in [6.45, 7) is 1.97. The summed E-state index contributed by atoms with van der Waals surface area (Å²) in [5.41, 5.74) is 2.21. The number of hydrogen-bond donors (Lipinski definition) is 0. The smallest absolute Gasteiger partial charge is 0.202 e. The summed E-state index contributed by atoms with van der Waals surface area (Å²) in [5, 5.41) is 0.862. The molecule has 4 heteroatoms. The molecule has 2 nitrogen and oxygen atoms in total. The van der Waals surface area contributed by atoms with Crippen LogP contribution in [0.25, 0.3) is 11.0 Å². The van der Waals surface area contributed by atoms with Gasteiger partial charge in [0, 0.05) is 11.8 Å². The molecule has 0 atom stereocenters. The van der Waals surface area contributed by atoms with E-state index in [4.69, 9.17) is 16.0 Å². The number of aryl methyl sites for hydroxylation is 1. The Labute approximate surface area is 126 Å². The Bertz CT molecular complexity index is 836. The Balaban J connectivity index is 1.91. The normalized spacial score (nSPS) is 11.0. The van der Waals surface area contributed by atoms with E-state index >= 15 is 0 Å². The summed E-state index contributed by atoms with van der Waals surface area (Å²) in [6.07, 6.45) is 0.00932. The van der Waals surface area contributed by atoms with E-state index in [1.54, 1.807) is 12.1 Å². The van der Waals surface area contributed by atoms with Crippen molar-refractivity contribution >= 4 is 28.4 Å². The van der Waals surface area contributed by atoms with E-state index in [-0.39, 0.29) is 23.0 Å². The second kappa shape index (κ2) is 5.34. The van der Waals surface area contributed by atoms with E-state index in [1.165, 1.54) is 12.1 Å². The molecule has 0 saturated carbocycles. The van der Waals surface area contributed by atoms with Crippen LogP contribution in [0.2, 0.25) is 5.02 Å². The van der Waals surface area contributed by atoms with Crippen molar-refractivity contribution < 1.29 is 13.6 Å². The summed E-state index contributed by atoms with van der Waals surface area (Å²) in [5.74, 6) is -0.491. The van der Waals surface area contributed by atoms with Crippen molar-refractivity contribution in [1.82, 2.24) is 0 Å². The van der Waals surface area contributed by atoms with Gasteiger partial charge in [-0.2, -0.15) is 0 Å². The lowest BCUT2D eigenvalue weighted by atomic mass is 10.1. The van der Waals surface area contributed by atoms with Crippen molar-refractivity contribution in [2.75, 3.05) is 0 Å². The SMILES string of the molecule is Cc1ccc2oc(C(=O)Cc3cccc(F)c3Cl)cc2c1. The van der Waals surface area contributed by atoms with Crippen LogP contribution in [0, 0.1) is 12.7 Å². The largest absolute Gasteiger partial charge is 0.453 e. The molecule has 0 spiro atoms. The van der Waals surface area contributed by atoms with E-state index in [0.717, 1.165) is 10.9 Å². The highest BCUT2D eigenvalue weighted by atomic mass is 35.5. The molecule has 0 N–H and O–H groups in total. The molecule has 0 aliphatic heterocycles. The van der Waals surface area contributed by atoms with Crippen LogP contribution in [-0.2, 0) is 6.42 Å². The molecule has 0 aliphatic rings. The molecular weight excluding hydrogens is 291 g/mol. The molecule has 21 heavy (non-hydrogen) atoms. The summed E-state index contributed by atoms with van der Waals surface area (Å²) < 4.78 is 18.9. The standard InChI is InChI=1S/C17H12ClFO2/c1-10-5-6-15-12(7-10)9-16(21-15)14(20)8-11-3-2-4-13(19)17(11)18/h2-7,9H,8H2,1H3. The zero-order valence-corrected chi connectivity index (χ0v) is 12.1. The molecular formula is C17H12ClFO2. The quantitative estimate of drug-likeness (QED) is 0.640. The van der Waals surface area contributed by atoms with Crippen LogP contribution >= 0.6 is 11.6 Å². The third kappa shape index (κ3) is 2.69. The number of ketones is 1. The van der Waals surface area contributed by atoms with E-state index in [1.807, 2.05) is 25.1 Å². The Morgan fingerprint density at radius 2 is 2.05 bits per heavy atom. The summed E-state index contributed by atoms with van der Waals surface area (Å²) in [7, 11) is 0. The number of carbonyl (C=O) groups is 1. The first-order valence-corrected chi connectivity index (χ1v) is 6.88. The average molecular weight is 303 g/mol. The van der Waals surface area contributed by atoms with Crippen LogP contribution in [0.5, 0.6) is 0 Å². The Hall–Kier alpha value is -2.13. The minimum Gasteiger partial charge on any atom is -0.453 e. The van der Waals surface area contributed by atoms with Crippen molar-refractivity contribution in [2.24, 2.45) is 0 Å². The molecule has 0 radical (unpaired) electrons. The van der Waals surface area contributed by atoms with E-state index < -0.39 is 5.82 Å². The number of rotatable bonds is 3. The first-order valence-electron chi connectivity index (χ1n) is 6.51. The lowest BCUT2D eigenvalue weighted by molar-refractivity contribution is 0.0968. The minimum atomic E-state index is -0.526. The van der Waals surface area contributed by atoms with Gasteiger partial charge in [0.15, 0.2) is 5.76 Å². The molecule has 0 aliphatic carbocycles. The second-order valence-corrected chi connectivity index (χ2v) is 5.34. The topological polar surface area (TPSA) is 30.2 Å². The first-order chi connectivity index (χ1) is 10.0. The van der Waals surface area contributed by atoms with Gasteiger partial charge < -0.3 is 4.42 Å². The molecule has 3 rings (SSSR count). The van der Waals surface area contributed by atoms with Gasteiger partial charge in [-0.05, 0) is 36.8 Å². The number of halogens is 2. The number of fused-ring (bicyclic) bond motifs is 1. The van der Waals surface area contributed by atoms with Crippen LogP contribution < -0.4 is 0 Å². The molecule has 0 bridgehead atoms. The fourth-order valence-corrected chi connectivity index (χ4v) is 2.44. The van der Waals surface area contributed by atoms with Gasteiger partial charge >= 0.3 is 0 Å². The van der Waals surface area contributed by atoms with Crippen LogP contribution in [0.15, 0.2) is 46.9 Å². The highest BCUT2D eigenvalue weighted by Gasteiger charge is 2.16. The van der Waals surface area contributed by atoms with E-state index in [0.29, 0.717) is 11.1 Å². The third-order valence-corrected chi connectivity index (χ3v) is 3.75. The lowest BCUT2D eigenvalue weighted by Gasteiger charge is -2.02. The van der Waals surface area contributed by atoms with Crippen molar-refractivity contribution in [3.63, 3.8) is 0 Å².